The third kappa shape index (κ3) is 5.15. The summed E-state index contributed by atoms with van der Waals surface area (Å²) < 4.78 is 5.88. The molecule has 28 heavy (non-hydrogen) atoms. The Morgan fingerprint density at radius 2 is 1.64 bits per heavy atom. The van der Waals surface area contributed by atoms with Gasteiger partial charge in [0.1, 0.15) is 5.75 Å². The van der Waals surface area contributed by atoms with E-state index in [1.807, 2.05) is 42.5 Å². The molecular formula is C25H33NO2. The Morgan fingerprint density at radius 1 is 1.00 bits per heavy atom. The van der Waals surface area contributed by atoms with Gasteiger partial charge in [0.25, 0.3) is 5.91 Å². The van der Waals surface area contributed by atoms with Crippen LogP contribution in [0.1, 0.15) is 52.9 Å². The maximum absolute atomic E-state index is 12.4. The molecule has 0 unspecified atom stereocenters. The average Bonchev–Trinajstić information content (AvgIpc) is 2.73. The van der Waals surface area contributed by atoms with Crippen LogP contribution in [0.25, 0.3) is 11.1 Å². The quantitative estimate of drug-likeness (QED) is 0.656. The molecular weight excluding hydrogens is 346 g/mol. The van der Waals surface area contributed by atoms with Crippen LogP contribution in [0, 0.1) is 11.3 Å². The highest BCUT2D eigenvalue weighted by Gasteiger charge is 2.32. The van der Waals surface area contributed by atoms with Gasteiger partial charge in [-0.3, -0.25) is 4.79 Å². The van der Waals surface area contributed by atoms with Crippen molar-refractivity contribution in [2.75, 3.05) is 6.61 Å². The number of nitrogens with one attached hydrogen (secondary N) is 1. The van der Waals surface area contributed by atoms with Crippen molar-refractivity contribution in [3.05, 3.63) is 54.6 Å². The van der Waals surface area contributed by atoms with E-state index in [2.05, 4.69) is 38.2 Å². The van der Waals surface area contributed by atoms with Gasteiger partial charge in [0.15, 0.2) is 6.61 Å². The molecule has 1 aliphatic rings. The molecule has 3 nitrogen and oxygen atoms in total. The lowest BCUT2D eigenvalue weighted by Crippen LogP contribution is -2.41. The van der Waals surface area contributed by atoms with Crippen LogP contribution in [-0.2, 0) is 4.79 Å². The molecule has 2 aromatic rings. The number of ether oxygens (including phenoxy) is 1. The van der Waals surface area contributed by atoms with Gasteiger partial charge in [-0.1, -0.05) is 75.7 Å². The molecule has 0 atom stereocenters. The fourth-order valence-corrected chi connectivity index (χ4v) is 4.17. The number of hydrogen-bond donors (Lipinski definition) is 1. The van der Waals surface area contributed by atoms with E-state index < -0.39 is 0 Å². The van der Waals surface area contributed by atoms with Crippen molar-refractivity contribution in [3.8, 4) is 16.9 Å². The molecule has 0 aromatic heterocycles. The van der Waals surface area contributed by atoms with Gasteiger partial charge in [0.05, 0.1) is 0 Å². The first-order valence-electron chi connectivity index (χ1n) is 10.6. The number of amides is 1. The topological polar surface area (TPSA) is 38.3 Å². The van der Waals surface area contributed by atoms with Crippen LogP contribution in [0.5, 0.6) is 5.75 Å². The van der Waals surface area contributed by atoms with Crippen LogP contribution < -0.4 is 10.1 Å². The summed E-state index contributed by atoms with van der Waals surface area (Å²) in [5.41, 5.74) is 2.51. The zero-order chi connectivity index (χ0) is 20.0. The molecule has 3 heteroatoms. The van der Waals surface area contributed by atoms with Crippen molar-refractivity contribution in [1.82, 2.24) is 5.32 Å². The lowest BCUT2D eigenvalue weighted by molar-refractivity contribution is -0.124. The van der Waals surface area contributed by atoms with Crippen LogP contribution in [0.4, 0.5) is 0 Å². The summed E-state index contributed by atoms with van der Waals surface area (Å²) in [6.07, 6.45) is 5.75. The molecule has 0 radical (unpaired) electrons. The molecule has 150 valence electrons. The van der Waals surface area contributed by atoms with Gasteiger partial charge in [0.2, 0.25) is 0 Å². The predicted molar refractivity (Wildman–Crippen MR) is 115 cm³/mol. The molecule has 1 aliphatic carbocycles. The summed E-state index contributed by atoms with van der Waals surface area (Å²) in [5.74, 6) is 1.48. The van der Waals surface area contributed by atoms with E-state index in [-0.39, 0.29) is 18.6 Å². The number of para-hydroxylation sites is 1. The van der Waals surface area contributed by atoms with E-state index in [0.29, 0.717) is 5.41 Å². The van der Waals surface area contributed by atoms with E-state index in [9.17, 15) is 4.79 Å². The molecule has 1 N–H and O–H groups in total. The Balaban J connectivity index is 1.51. The Morgan fingerprint density at radius 3 is 2.32 bits per heavy atom. The first kappa shape index (κ1) is 20.4. The molecule has 0 spiro atoms. The zero-order valence-corrected chi connectivity index (χ0v) is 17.4. The maximum Gasteiger partial charge on any atom is 0.258 e. The fourth-order valence-electron chi connectivity index (χ4n) is 4.17. The van der Waals surface area contributed by atoms with Crippen LogP contribution >= 0.6 is 0 Å². The molecule has 1 fully saturated rings. The van der Waals surface area contributed by atoms with Gasteiger partial charge in [-0.25, -0.2) is 0 Å². The van der Waals surface area contributed by atoms with E-state index in [0.717, 1.165) is 35.6 Å². The molecule has 0 bridgehead atoms. The third-order valence-corrected chi connectivity index (χ3v) is 6.44. The number of carbonyl (C=O) groups is 1. The number of rotatable bonds is 7. The van der Waals surface area contributed by atoms with Gasteiger partial charge in [0, 0.05) is 11.6 Å². The van der Waals surface area contributed by atoms with Crippen molar-refractivity contribution in [2.24, 2.45) is 11.3 Å². The lowest BCUT2D eigenvalue weighted by Gasteiger charge is -2.39. The Hall–Kier alpha value is -2.29. The smallest absolute Gasteiger partial charge is 0.258 e. The van der Waals surface area contributed by atoms with Gasteiger partial charge < -0.3 is 10.1 Å². The number of carbonyl (C=O) groups excluding carboxylic acids is 1. The van der Waals surface area contributed by atoms with E-state index in [1.54, 1.807) is 0 Å². The minimum atomic E-state index is -0.0268. The van der Waals surface area contributed by atoms with Gasteiger partial charge in [-0.05, 0) is 48.6 Å². The van der Waals surface area contributed by atoms with Crippen LogP contribution in [0.2, 0.25) is 0 Å². The SMILES string of the molecule is CCC(C)(C)C1CCC(NC(=O)COc2ccccc2-c2ccccc2)CC1. The summed E-state index contributed by atoms with van der Waals surface area (Å²) in [5, 5.41) is 3.17. The summed E-state index contributed by atoms with van der Waals surface area (Å²) >= 11 is 0. The fraction of sp³-hybridized carbons (Fsp3) is 0.480. The summed E-state index contributed by atoms with van der Waals surface area (Å²) in [4.78, 5) is 12.4. The first-order chi connectivity index (χ1) is 13.5. The normalized spacial score (nSPS) is 19.8. The third-order valence-electron chi connectivity index (χ3n) is 6.44. The van der Waals surface area contributed by atoms with E-state index >= 15 is 0 Å². The monoisotopic (exact) mass is 379 g/mol. The van der Waals surface area contributed by atoms with E-state index in [1.165, 1.54) is 19.3 Å². The Kier molecular flexibility index (Phi) is 6.77. The highest BCUT2D eigenvalue weighted by Crippen LogP contribution is 2.40. The van der Waals surface area contributed by atoms with Crippen molar-refractivity contribution in [3.63, 3.8) is 0 Å². The minimum Gasteiger partial charge on any atom is -0.483 e. The summed E-state index contributed by atoms with van der Waals surface area (Å²) in [6.45, 7) is 7.08. The summed E-state index contributed by atoms with van der Waals surface area (Å²) in [6, 6.07) is 18.3. The highest BCUT2D eigenvalue weighted by molar-refractivity contribution is 5.78. The highest BCUT2D eigenvalue weighted by atomic mass is 16.5. The standard InChI is InChI=1S/C25H33NO2/c1-4-25(2,3)20-14-16-21(17-15-20)26-24(27)18-28-23-13-9-8-12-22(23)19-10-6-5-7-11-19/h5-13,20-21H,4,14-18H2,1-3H3,(H,26,27). The second-order valence-electron chi connectivity index (χ2n) is 8.61. The van der Waals surface area contributed by atoms with E-state index in [4.69, 9.17) is 4.74 Å². The molecule has 0 heterocycles. The average molecular weight is 380 g/mol. The molecule has 0 aliphatic heterocycles. The minimum absolute atomic E-state index is 0.0268. The van der Waals surface area contributed by atoms with Crippen LogP contribution in [0.3, 0.4) is 0 Å². The number of benzene rings is 2. The molecule has 3 rings (SSSR count). The lowest BCUT2D eigenvalue weighted by atomic mass is 9.69. The second-order valence-corrected chi connectivity index (χ2v) is 8.61. The first-order valence-corrected chi connectivity index (χ1v) is 10.6. The molecule has 0 saturated heterocycles. The van der Waals surface area contributed by atoms with Gasteiger partial charge in [-0.2, -0.15) is 0 Å². The van der Waals surface area contributed by atoms with Gasteiger partial charge in [-0.15, -0.1) is 0 Å². The van der Waals surface area contributed by atoms with Crippen molar-refractivity contribution in [1.29, 1.82) is 0 Å². The van der Waals surface area contributed by atoms with Crippen LogP contribution in [0.15, 0.2) is 54.6 Å². The zero-order valence-electron chi connectivity index (χ0n) is 17.4. The largest absolute Gasteiger partial charge is 0.483 e. The Bertz CT molecular complexity index is 761. The van der Waals surface area contributed by atoms with Gasteiger partial charge >= 0.3 is 0 Å². The Labute approximate surface area is 169 Å². The second kappa shape index (κ2) is 9.27. The van der Waals surface area contributed by atoms with Crippen LogP contribution in [-0.4, -0.2) is 18.6 Å². The summed E-state index contributed by atoms with van der Waals surface area (Å²) in [7, 11) is 0. The number of hydrogen-bond acceptors (Lipinski definition) is 2. The molecule has 1 saturated carbocycles. The molecule has 1 amide bonds. The van der Waals surface area contributed by atoms with Crippen molar-refractivity contribution >= 4 is 5.91 Å². The molecule has 2 aromatic carbocycles. The predicted octanol–water partition coefficient (Wildman–Crippen LogP) is 5.84. The maximum atomic E-state index is 12.4. The van der Waals surface area contributed by atoms with Crippen molar-refractivity contribution in [2.45, 2.75) is 58.9 Å². The van der Waals surface area contributed by atoms with Crippen molar-refractivity contribution < 1.29 is 9.53 Å².